The third kappa shape index (κ3) is 4.80. The minimum Gasteiger partial charge on any atom is -0.379 e. The Kier molecular flexibility index (Phi) is 6.04. The first-order chi connectivity index (χ1) is 12.1. The maximum atomic E-state index is 12.5. The van der Waals surface area contributed by atoms with Crippen molar-refractivity contribution in [3.05, 3.63) is 35.4 Å². The number of carbonyl (C=O) groups is 2. The third-order valence-electron chi connectivity index (χ3n) is 4.91. The van der Waals surface area contributed by atoms with Crippen LogP contribution in [0.1, 0.15) is 17.5 Å². The highest BCUT2D eigenvalue weighted by atomic mass is 16.5. The Balaban J connectivity index is 1.40. The maximum Gasteiger partial charge on any atom is 0.240 e. The van der Waals surface area contributed by atoms with E-state index in [9.17, 15) is 9.59 Å². The lowest BCUT2D eigenvalue weighted by Gasteiger charge is -2.31. The molecule has 1 unspecified atom stereocenters. The molecule has 1 aromatic rings. The number of amides is 2. The van der Waals surface area contributed by atoms with Crippen LogP contribution in [0.2, 0.25) is 0 Å². The number of benzene rings is 1. The zero-order chi connectivity index (χ0) is 17.6. The van der Waals surface area contributed by atoms with Crippen LogP contribution in [-0.2, 0) is 20.7 Å². The van der Waals surface area contributed by atoms with Gasteiger partial charge in [0.05, 0.1) is 25.7 Å². The van der Waals surface area contributed by atoms with E-state index in [0.29, 0.717) is 32.7 Å². The fourth-order valence-corrected chi connectivity index (χ4v) is 3.57. The van der Waals surface area contributed by atoms with Crippen LogP contribution in [0.15, 0.2) is 24.3 Å². The number of carbonyl (C=O) groups excluding carboxylic acids is 2. The number of nitrogens with one attached hydrogen (secondary N) is 1. The summed E-state index contributed by atoms with van der Waals surface area (Å²) in [6, 6.07) is 7.96. The van der Waals surface area contributed by atoms with Gasteiger partial charge in [-0.2, -0.15) is 0 Å². The van der Waals surface area contributed by atoms with Crippen LogP contribution in [0, 0.1) is 6.92 Å². The Bertz CT molecular complexity index is 614. The lowest BCUT2D eigenvalue weighted by atomic mass is 10.1. The predicted octanol–water partition coefficient (Wildman–Crippen LogP) is 0.587. The van der Waals surface area contributed by atoms with Gasteiger partial charge in [-0.1, -0.05) is 29.8 Å². The lowest BCUT2D eigenvalue weighted by Crippen LogP contribution is -2.48. The summed E-state index contributed by atoms with van der Waals surface area (Å²) in [5.74, 6) is 0.191. The zero-order valence-corrected chi connectivity index (χ0v) is 14.9. The summed E-state index contributed by atoms with van der Waals surface area (Å²) < 4.78 is 5.35. The molecule has 2 saturated heterocycles. The molecule has 0 aromatic heterocycles. The van der Waals surface area contributed by atoms with Gasteiger partial charge in [-0.05, 0) is 18.9 Å². The van der Waals surface area contributed by atoms with Gasteiger partial charge in [0.1, 0.15) is 0 Å². The minimum atomic E-state index is -0.00750. The average molecular weight is 345 g/mol. The molecule has 2 aliphatic heterocycles. The van der Waals surface area contributed by atoms with Gasteiger partial charge in [-0.15, -0.1) is 0 Å². The van der Waals surface area contributed by atoms with Gasteiger partial charge in [-0.25, -0.2) is 0 Å². The van der Waals surface area contributed by atoms with Crippen LogP contribution in [0.25, 0.3) is 0 Å². The number of aryl methyl sites for hydroxylation is 1. The van der Waals surface area contributed by atoms with E-state index in [1.165, 1.54) is 0 Å². The molecule has 2 heterocycles. The van der Waals surface area contributed by atoms with E-state index in [1.54, 1.807) is 0 Å². The normalized spacial score (nSPS) is 21.6. The molecular formula is C19H27N3O3. The Morgan fingerprint density at radius 2 is 2.08 bits per heavy atom. The molecule has 1 aromatic carbocycles. The van der Waals surface area contributed by atoms with Crippen molar-refractivity contribution in [3.8, 4) is 0 Å². The minimum absolute atomic E-state index is 0.00183. The van der Waals surface area contributed by atoms with Crippen LogP contribution >= 0.6 is 0 Å². The van der Waals surface area contributed by atoms with Crippen LogP contribution in [-0.4, -0.2) is 73.6 Å². The molecule has 2 aliphatic rings. The molecule has 0 saturated carbocycles. The summed E-state index contributed by atoms with van der Waals surface area (Å²) in [6.07, 6.45) is 1.25. The second kappa shape index (κ2) is 8.45. The summed E-state index contributed by atoms with van der Waals surface area (Å²) >= 11 is 0. The zero-order valence-electron chi connectivity index (χ0n) is 14.9. The van der Waals surface area contributed by atoms with E-state index in [4.69, 9.17) is 4.74 Å². The van der Waals surface area contributed by atoms with Crippen molar-refractivity contribution in [3.63, 3.8) is 0 Å². The summed E-state index contributed by atoms with van der Waals surface area (Å²) in [4.78, 5) is 28.7. The fraction of sp³-hybridized carbons (Fsp3) is 0.579. The number of hydrogen-bond donors (Lipinski definition) is 1. The van der Waals surface area contributed by atoms with Gasteiger partial charge < -0.3 is 15.0 Å². The molecule has 3 rings (SSSR count). The molecule has 0 spiro atoms. The Labute approximate surface area is 149 Å². The van der Waals surface area contributed by atoms with E-state index in [0.717, 1.165) is 37.2 Å². The summed E-state index contributed by atoms with van der Waals surface area (Å²) in [7, 11) is 0. The van der Waals surface area contributed by atoms with Gasteiger partial charge >= 0.3 is 0 Å². The second-order valence-electron chi connectivity index (χ2n) is 6.79. The maximum absolute atomic E-state index is 12.5. The highest BCUT2D eigenvalue weighted by molar-refractivity contribution is 5.84. The molecule has 0 aliphatic carbocycles. The fourth-order valence-electron chi connectivity index (χ4n) is 3.57. The molecule has 25 heavy (non-hydrogen) atoms. The monoisotopic (exact) mass is 345 g/mol. The highest BCUT2D eigenvalue weighted by Crippen LogP contribution is 2.18. The van der Waals surface area contributed by atoms with Gasteiger partial charge in [0.25, 0.3) is 0 Å². The first-order valence-corrected chi connectivity index (χ1v) is 9.06. The van der Waals surface area contributed by atoms with Crippen molar-refractivity contribution >= 4 is 11.8 Å². The van der Waals surface area contributed by atoms with E-state index >= 15 is 0 Å². The number of likely N-dealkylation sites (tertiary alicyclic amines) is 1. The smallest absolute Gasteiger partial charge is 0.240 e. The van der Waals surface area contributed by atoms with Gasteiger partial charge in [0.15, 0.2) is 0 Å². The first-order valence-electron chi connectivity index (χ1n) is 9.06. The summed E-state index contributed by atoms with van der Waals surface area (Å²) in [5, 5.41) is 2.93. The molecule has 136 valence electrons. The molecule has 2 fully saturated rings. The number of hydrogen-bond acceptors (Lipinski definition) is 4. The molecular weight excluding hydrogens is 318 g/mol. The number of rotatable bonds is 6. The number of ether oxygens (including phenoxy) is 1. The molecule has 1 N–H and O–H groups in total. The number of nitrogens with zero attached hydrogens (tertiary/aromatic N) is 2. The molecule has 6 heteroatoms. The van der Waals surface area contributed by atoms with E-state index in [-0.39, 0.29) is 17.9 Å². The van der Waals surface area contributed by atoms with Crippen molar-refractivity contribution in [2.45, 2.75) is 25.8 Å². The van der Waals surface area contributed by atoms with E-state index < -0.39 is 0 Å². The largest absolute Gasteiger partial charge is 0.379 e. The predicted molar refractivity (Wildman–Crippen MR) is 95.3 cm³/mol. The van der Waals surface area contributed by atoms with Crippen molar-refractivity contribution in [2.75, 3.05) is 45.9 Å². The van der Waals surface area contributed by atoms with Crippen LogP contribution in [0.3, 0.4) is 0 Å². The van der Waals surface area contributed by atoms with Crippen molar-refractivity contribution < 1.29 is 14.3 Å². The van der Waals surface area contributed by atoms with Crippen molar-refractivity contribution in [2.24, 2.45) is 0 Å². The molecule has 6 nitrogen and oxygen atoms in total. The molecule has 2 amide bonds. The Morgan fingerprint density at radius 3 is 2.84 bits per heavy atom. The molecule has 1 atom stereocenters. The molecule has 0 radical (unpaired) electrons. The Hall–Kier alpha value is -1.92. The van der Waals surface area contributed by atoms with Gasteiger partial charge in [-0.3, -0.25) is 14.5 Å². The van der Waals surface area contributed by atoms with E-state index in [1.807, 2.05) is 36.1 Å². The van der Waals surface area contributed by atoms with Crippen molar-refractivity contribution in [1.82, 2.24) is 15.1 Å². The van der Waals surface area contributed by atoms with Crippen LogP contribution < -0.4 is 5.32 Å². The quantitative estimate of drug-likeness (QED) is 0.820. The van der Waals surface area contributed by atoms with Crippen LogP contribution in [0.4, 0.5) is 0 Å². The lowest BCUT2D eigenvalue weighted by molar-refractivity contribution is -0.133. The van der Waals surface area contributed by atoms with Crippen LogP contribution in [0.5, 0.6) is 0 Å². The number of morpholine rings is 1. The second-order valence-corrected chi connectivity index (χ2v) is 6.79. The van der Waals surface area contributed by atoms with Gasteiger partial charge in [0, 0.05) is 32.7 Å². The van der Waals surface area contributed by atoms with E-state index in [2.05, 4.69) is 10.2 Å². The summed E-state index contributed by atoms with van der Waals surface area (Å²) in [6.45, 7) is 6.96. The third-order valence-corrected chi connectivity index (χ3v) is 4.91. The Morgan fingerprint density at radius 1 is 1.28 bits per heavy atom. The SMILES string of the molecule is Cc1cccc(CC(=O)NCCN2CCC(N3CCOCC3)C2=O)c1. The highest BCUT2D eigenvalue weighted by Gasteiger charge is 2.36. The first kappa shape index (κ1) is 17.9. The standard InChI is InChI=1S/C19H27N3O3/c1-15-3-2-4-16(13-15)14-18(23)20-6-8-22-7-5-17(19(22)24)21-9-11-25-12-10-21/h2-4,13,17H,5-12,14H2,1H3,(H,20,23). The topological polar surface area (TPSA) is 61.9 Å². The molecule has 0 bridgehead atoms. The van der Waals surface area contributed by atoms with Crippen molar-refractivity contribution in [1.29, 1.82) is 0 Å². The van der Waals surface area contributed by atoms with Gasteiger partial charge in [0.2, 0.25) is 11.8 Å². The summed E-state index contributed by atoms with van der Waals surface area (Å²) in [5.41, 5.74) is 2.17. The average Bonchev–Trinajstić information content (AvgIpc) is 2.96.